The predicted molar refractivity (Wildman–Crippen MR) is 145 cm³/mol. The fourth-order valence-electron chi connectivity index (χ4n) is 7.90. The third-order valence-electron chi connectivity index (χ3n) is 10.3. The summed E-state index contributed by atoms with van der Waals surface area (Å²) in [4.78, 5) is 0. The van der Waals surface area contributed by atoms with E-state index in [9.17, 15) is 4.39 Å². The zero-order valence-corrected chi connectivity index (χ0v) is 22.3. The maximum absolute atomic E-state index is 12.5. The molecule has 0 atom stereocenters. The highest BCUT2D eigenvalue weighted by Crippen LogP contribution is 2.44. The Kier molecular flexibility index (Phi) is 10.8. The number of hydrogen-bond donors (Lipinski definition) is 0. The molecule has 0 nitrogen and oxygen atoms in total. The van der Waals surface area contributed by atoms with Crippen molar-refractivity contribution in [3.05, 3.63) is 35.4 Å². The fourth-order valence-corrected chi connectivity index (χ4v) is 7.90. The van der Waals surface area contributed by atoms with E-state index in [1.165, 1.54) is 82.6 Å². The average molecular weight is 469 g/mol. The molecule has 3 saturated carbocycles. The second-order valence-corrected chi connectivity index (χ2v) is 12.5. The lowest BCUT2D eigenvalue weighted by atomic mass is 9.67. The number of rotatable bonds is 11. The Bertz CT molecular complexity index is 654. The highest BCUT2D eigenvalue weighted by atomic mass is 19.1. The molecule has 1 aromatic carbocycles. The average Bonchev–Trinajstić information content (AvgIpc) is 2.89. The molecule has 0 amide bonds. The highest BCUT2D eigenvalue weighted by molar-refractivity contribution is 5.26. The van der Waals surface area contributed by atoms with E-state index in [2.05, 4.69) is 31.2 Å². The van der Waals surface area contributed by atoms with Crippen LogP contribution in [0.5, 0.6) is 0 Å². The third-order valence-corrected chi connectivity index (χ3v) is 10.3. The van der Waals surface area contributed by atoms with Crippen molar-refractivity contribution in [3.63, 3.8) is 0 Å². The van der Waals surface area contributed by atoms with Gasteiger partial charge in [0.15, 0.2) is 0 Å². The van der Waals surface area contributed by atoms with Gasteiger partial charge in [0.2, 0.25) is 0 Å². The van der Waals surface area contributed by atoms with Crippen LogP contribution in [0.3, 0.4) is 0 Å². The molecule has 3 aliphatic carbocycles. The van der Waals surface area contributed by atoms with Crippen LogP contribution in [0.2, 0.25) is 0 Å². The normalized spacial score (nSPS) is 32.5. The van der Waals surface area contributed by atoms with Crippen LogP contribution in [0, 0.1) is 29.6 Å². The predicted octanol–water partition coefficient (Wildman–Crippen LogP) is 10.4. The van der Waals surface area contributed by atoms with E-state index >= 15 is 0 Å². The van der Waals surface area contributed by atoms with Crippen LogP contribution in [0.1, 0.15) is 140 Å². The monoisotopic (exact) mass is 468 g/mol. The summed E-state index contributed by atoms with van der Waals surface area (Å²) in [7, 11) is 0. The summed E-state index contributed by atoms with van der Waals surface area (Å²) in [6, 6.07) is 8.84. The highest BCUT2D eigenvalue weighted by Gasteiger charge is 2.31. The van der Waals surface area contributed by atoms with E-state index in [1.807, 2.05) is 0 Å². The SMILES string of the molecule is CCCCC[C@H]1CC[C@H](C2CCC(CC[C@H]3CC[C@H](c4ccc(CCF)cc4)CC3)CC2)CC1. The van der Waals surface area contributed by atoms with Crippen LogP contribution in [0.4, 0.5) is 4.39 Å². The van der Waals surface area contributed by atoms with Gasteiger partial charge in [-0.05, 0) is 98.0 Å². The van der Waals surface area contributed by atoms with Crippen molar-refractivity contribution >= 4 is 0 Å². The topological polar surface area (TPSA) is 0 Å². The molecule has 4 rings (SSSR count). The molecule has 0 bridgehead atoms. The summed E-state index contributed by atoms with van der Waals surface area (Å²) in [5, 5.41) is 0. The maximum Gasteiger partial charge on any atom is 0.0934 e. The first-order valence-electron chi connectivity index (χ1n) is 15.4. The summed E-state index contributed by atoms with van der Waals surface area (Å²) in [5.74, 6) is 5.96. The lowest BCUT2D eigenvalue weighted by molar-refractivity contribution is 0.136. The summed E-state index contributed by atoms with van der Waals surface area (Å²) in [5.41, 5.74) is 2.64. The molecular weight excluding hydrogens is 415 g/mol. The maximum atomic E-state index is 12.5. The minimum atomic E-state index is -0.244. The largest absolute Gasteiger partial charge is 0.251 e. The van der Waals surface area contributed by atoms with Gasteiger partial charge in [0.25, 0.3) is 0 Å². The van der Waals surface area contributed by atoms with Gasteiger partial charge in [-0.1, -0.05) is 95.4 Å². The summed E-state index contributed by atoms with van der Waals surface area (Å²) in [6.45, 7) is 2.09. The minimum Gasteiger partial charge on any atom is -0.251 e. The quantitative estimate of drug-likeness (QED) is 0.283. The van der Waals surface area contributed by atoms with Gasteiger partial charge >= 0.3 is 0 Å². The lowest BCUT2D eigenvalue weighted by Gasteiger charge is -2.38. The fraction of sp³-hybridized carbons (Fsp3) is 0.818. The minimum absolute atomic E-state index is 0.244. The number of benzene rings is 1. The van der Waals surface area contributed by atoms with Crippen molar-refractivity contribution in [1.82, 2.24) is 0 Å². The van der Waals surface area contributed by atoms with Gasteiger partial charge < -0.3 is 0 Å². The molecule has 0 heterocycles. The van der Waals surface area contributed by atoms with E-state index in [-0.39, 0.29) is 6.67 Å². The number of hydrogen-bond acceptors (Lipinski definition) is 0. The Hall–Kier alpha value is -0.850. The summed E-state index contributed by atoms with van der Waals surface area (Å²) >= 11 is 0. The molecule has 1 heteroatoms. The van der Waals surface area contributed by atoms with Gasteiger partial charge in [-0.15, -0.1) is 0 Å². The molecule has 0 spiro atoms. The van der Waals surface area contributed by atoms with E-state index in [0.29, 0.717) is 6.42 Å². The van der Waals surface area contributed by atoms with Gasteiger partial charge in [0, 0.05) is 6.42 Å². The van der Waals surface area contributed by atoms with Gasteiger partial charge in [0.1, 0.15) is 0 Å². The standard InChI is InChI=1S/C33H53F/c1-2-3-4-5-26-8-16-30(17-9-26)31-18-10-27(11-19-31)6-7-28-12-20-32(21-13-28)33-22-14-29(15-23-33)24-25-34/h14-15,22-23,26-28,30-32H,2-13,16-21,24-25H2,1H3/t26-,27?,28-,30-,31?,32-. The molecule has 3 aliphatic rings. The van der Waals surface area contributed by atoms with Gasteiger partial charge in [0.05, 0.1) is 6.67 Å². The van der Waals surface area contributed by atoms with Crippen LogP contribution >= 0.6 is 0 Å². The Morgan fingerprint density at radius 2 is 1.12 bits per heavy atom. The molecule has 0 aliphatic heterocycles. The van der Waals surface area contributed by atoms with E-state index in [4.69, 9.17) is 0 Å². The number of unbranched alkanes of at least 4 members (excludes halogenated alkanes) is 2. The Morgan fingerprint density at radius 3 is 1.62 bits per heavy atom. The lowest BCUT2D eigenvalue weighted by Crippen LogP contribution is -2.26. The van der Waals surface area contributed by atoms with Crippen molar-refractivity contribution in [3.8, 4) is 0 Å². The molecule has 34 heavy (non-hydrogen) atoms. The number of aryl methyl sites for hydroxylation is 1. The molecule has 192 valence electrons. The van der Waals surface area contributed by atoms with Crippen LogP contribution in [-0.4, -0.2) is 6.67 Å². The van der Waals surface area contributed by atoms with Crippen molar-refractivity contribution in [1.29, 1.82) is 0 Å². The van der Waals surface area contributed by atoms with Crippen LogP contribution in [-0.2, 0) is 6.42 Å². The number of alkyl halides is 1. The molecule has 0 unspecified atom stereocenters. The van der Waals surface area contributed by atoms with Gasteiger partial charge in [-0.2, -0.15) is 0 Å². The summed E-state index contributed by atoms with van der Waals surface area (Å²) < 4.78 is 12.5. The Balaban J connectivity index is 1.08. The van der Waals surface area contributed by atoms with Crippen molar-refractivity contribution < 1.29 is 4.39 Å². The van der Waals surface area contributed by atoms with Crippen LogP contribution in [0.25, 0.3) is 0 Å². The first-order chi connectivity index (χ1) is 16.7. The zero-order valence-electron chi connectivity index (χ0n) is 22.3. The molecule has 0 radical (unpaired) electrons. The molecule has 3 fully saturated rings. The smallest absolute Gasteiger partial charge is 0.0934 e. The van der Waals surface area contributed by atoms with Gasteiger partial charge in [-0.25, -0.2) is 0 Å². The Morgan fingerprint density at radius 1 is 0.618 bits per heavy atom. The zero-order chi connectivity index (χ0) is 23.6. The second kappa shape index (κ2) is 14.0. The van der Waals surface area contributed by atoms with Crippen LogP contribution < -0.4 is 0 Å². The first kappa shape index (κ1) is 26.2. The Labute approximate surface area is 210 Å². The van der Waals surface area contributed by atoms with E-state index in [1.54, 1.807) is 38.5 Å². The van der Waals surface area contributed by atoms with E-state index in [0.717, 1.165) is 41.1 Å². The number of halogens is 1. The first-order valence-corrected chi connectivity index (χ1v) is 15.4. The second-order valence-electron chi connectivity index (χ2n) is 12.5. The molecule has 0 N–H and O–H groups in total. The van der Waals surface area contributed by atoms with Gasteiger partial charge in [-0.3, -0.25) is 4.39 Å². The van der Waals surface area contributed by atoms with Crippen LogP contribution in [0.15, 0.2) is 24.3 Å². The third kappa shape index (κ3) is 7.83. The molecule has 0 saturated heterocycles. The molecule has 1 aromatic rings. The van der Waals surface area contributed by atoms with Crippen molar-refractivity contribution in [2.45, 2.75) is 135 Å². The summed E-state index contributed by atoms with van der Waals surface area (Å²) in [6.07, 6.45) is 27.3. The van der Waals surface area contributed by atoms with Crippen molar-refractivity contribution in [2.24, 2.45) is 29.6 Å². The van der Waals surface area contributed by atoms with E-state index < -0.39 is 0 Å². The molecular formula is C33H53F. The molecule has 0 aromatic heterocycles. The van der Waals surface area contributed by atoms with Crippen molar-refractivity contribution in [2.75, 3.05) is 6.67 Å².